The molecule has 0 aromatic carbocycles. The van der Waals surface area contributed by atoms with Gasteiger partial charge in [0.25, 0.3) is 10.0 Å². The van der Waals surface area contributed by atoms with Gasteiger partial charge in [0.2, 0.25) is 0 Å². The van der Waals surface area contributed by atoms with Crippen LogP contribution in [0.5, 0.6) is 0 Å². The average molecular weight is 315 g/mol. The number of hydrogen-bond acceptors (Lipinski definition) is 4. The van der Waals surface area contributed by atoms with Crippen LogP contribution < -0.4 is 0 Å². The first-order valence-corrected chi connectivity index (χ1v) is 9.04. The van der Waals surface area contributed by atoms with Gasteiger partial charge in [0, 0.05) is 25.3 Å². The van der Waals surface area contributed by atoms with Gasteiger partial charge in [-0.25, -0.2) is 13.4 Å². The summed E-state index contributed by atoms with van der Waals surface area (Å²) in [6.07, 6.45) is 4.19. The largest absolute Gasteiger partial charge is 0.393 e. The molecular formula is C14H25N3O3S. The van der Waals surface area contributed by atoms with Crippen LogP contribution in [0.25, 0.3) is 0 Å². The molecule has 7 heteroatoms. The lowest BCUT2D eigenvalue weighted by molar-refractivity contribution is 0.157. The lowest BCUT2D eigenvalue weighted by atomic mass is 10.1. The third kappa shape index (κ3) is 3.46. The smallest absolute Gasteiger partial charge is 0.262 e. The van der Waals surface area contributed by atoms with E-state index in [9.17, 15) is 13.5 Å². The zero-order valence-corrected chi connectivity index (χ0v) is 13.8. The number of aryl methyl sites for hydroxylation is 2. The van der Waals surface area contributed by atoms with E-state index in [1.54, 1.807) is 13.1 Å². The highest BCUT2D eigenvalue weighted by atomic mass is 32.2. The van der Waals surface area contributed by atoms with Crippen molar-refractivity contribution in [2.75, 3.05) is 6.54 Å². The number of imidazole rings is 1. The Labute approximate surface area is 126 Å². The Morgan fingerprint density at radius 1 is 1.52 bits per heavy atom. The van der Waals surface area contributed by atoms with Crippen molar-refractivity contribution >= 4 is 10.0 Å². The summed E-state index contributed by atoms with van der Waals surface area (Å²) in [6, 6.07) is -0.119. The number of aromatic nitrogens is 2. The summed E-state index contributed by atoms with van der Waals surface area (Å²) in [5.41, 5.74) is 0. The van der Waals surface area contributed by atoms with Crippen molar-refractivity contribution < 1.29 is 13.5 Å². The molecule has 1 aliphatic rings. The van der Waals surface area contributed by atoms with E-state index >= 15 is 0 Å². The van der Waals surface area contributed by atoms with Crippen LogP contribution in [-0.4, -0.2) is 46.1 Å². The minimum atomic E-state index is -3.56. The average Bonchev–Trinajstić information content (AvgIpc) is 2.97. The molecule has 0 saturated carbocycles. The number of rotatable bonds is 6. The molecule has 120 valence electrons. The van der Waals surface area contributed by atoms with E-state index in [2.05, 4.69) is 4.98 Å². The van der Waals surface area contributed by atoms with Gasteiger partial charge in [0.15, 0.2) is 5.03 Å². The second-order valence-electron chi connectivity index (χ2n) is 5.82. The third-order valence-electron chi connectivity index (χ3n) is 3.93. The van der Waals surface area contributed by atoms with Crippen LogP contribution in [0.1, 0.15) is 45.4 Å². The summed E-state index contributed by atoms with van der Waals surface area (Å²) >= 11 is 0. The first-order chi connectivity index (χ1) is 9.86. The predicted molar refractivity (Wildman–Crippen MR) is 80.5 cm³/mol. The van der Waals surface area contributed by atoms with Crippen molar-refractivity contribution in [2.45, 2.75) is 70.2 Å². The minimum absolute atomic E-state index is 0.119. The Morgan fingerprint density at radius 3 is 2.86 bits per heavy atom. The second kappa shape index (κ2) is 6.46. The molecule has 21 heavy (non-hydrogen) atoms. The van der Waals surface area contributed by atoms with Gasteiger partial charge in [0.1, 0.15) is 5.82 Å². The van der Waals surface area contributed by atoms with Crippen LogP contribution in [0, 0.1) is 6.92 Å². The monoisotopic (exact) mass is 315 g/mol. The van der Waals surface area contributed by atoms with E-state index in [1.165, 1.54) is 4.31 Å². The molecule has 2 rings (SSSR count). The Hall–Kier alpha value is -0.920. The number of nitrogens with zero attached hydrogens (tertiary/aromatic N) is 3. The molecule has 1 aromatic rings. The van der Waals surface area contributed by atoms with E-state index in [0.29, 0.717) is 13.0 Å². The van der Waals surface area contributed by atoms with E-state index < -0.39 is 16.1 Å². The topological polar surface area (TPSA) is 75.4 Å². The Bertz CT molecular complexity index is 580. The molecule has 2 unspecified atom stereocenters. The van der Waals surface area contributed by atoms with Crippen LogP contribution >= 0.6 is 0 Å². The first-order valence-electron chi connectivity index (χ1n) is 7.60. The van der Waals surface area contributed by atoms with E-state index in [1.807, 2.05) is 18.4 Å². The number of aliphatic hydroxyl groups excluding tert-OH is 1. The third-order valence-corrected chi connectivity index (χ3v) is 5.75. The van der Waals surface area contributed by atoms with Crippen molar-refractivity contribution in [2.24, 2.45) is 0 Å². The Morgan fingerprint density at radius 2 is 2.24 bits per heavy atom. The zero-order chi connectivity index (χ0) is 15.6. The molecule has 0 aliphatic carbocycles. The normalized spacial score (nSPS) is 21.8. The fourth-order valence-electron chi connectivity index (χ4n) is 2.95. The Balaban J connectivity index is 2.26. The minimum Gasteiger partial charge on any atom is -0.393 e. The van der Waals surface area contributed by atoms with Crippen LogP contribution in [0.3, 0.4) is 0 Å². The molecule has 1 N–H and O–H groups in total. The molecule has 0 amide bonds. The fraction of sp³-hybridized carbons (Fsp3) is 0.786. The highest BCUT2D eigenvalue weighted by Crippen LogP contribution is 2.28. The number of hydrogen-bond donors (Lipinski definition) is 1. The van der Waals surface area contributed by atoms with Gasteiger partial charge in [-0.05, 0) is 39.5 Å². The molecule has 1 aromatic heterocycles. The van der Waals surface area contributed by atoms with E-state index in [0.717, 1.165) is 31.6 Å². The van der Waals surface area contributed by atoms with Crippen molar-refractivity contribution in [3.8, 4) is 0 Å². The van der Waals surface area contributed by atoms with E-state index in [4.69, 9.17) is 0 Å². The zero-order valence-electron chi connectivity index (χ0n) is 13.0. The van der Waals surface area contributed by atoms with Gasteiger partial charge < -0.3 is 9.67 Å². The van der Waals surface area contributed by atoms with Crippen LogP contribution in [0.2, 0.25) is 0 Å². The maximum Gasteiger partial charge on any atom is 0.262 e. The summed E-state index contributed by atoms with van der Waals surface area (Å²) in [5, 5.41) is 9.67. The maximum atomic E-state index is 12.8. The highest BCUT2D eigenvalue weighted by Gasteiger charge is 2.37. The molecule has 1 fully saturated rings. The van der Waals surface area contributed by atoms with Crippen LogP contribution in [0.4, 0.5) is 0 Å². The highest BCUT2D eigenvalue weighted by molar-refractivity contribution is 7.89. The molecule has 1 aliphatic heterocycles. The summed E-state index contributed by atoms with van der Waals surface area (Å²) in [4.78, 5) is 4.23. The van der Waals surface area contributed by atoms with Crippen molar-refractivity contribution in [1.29, 1.82) is 0 Å². The Kier molecular flexibility index (Phi) is 5.06. The molecule has 0 bridgehead atoms. The summed E-state index contributed by atoms with van der Waals surface area (Å²) < 4.78 is 28.9. The predicted octanol–water partition coefficient (Wildman–Crippen LogP) is 1.53. The van der Waals surface area contributed by atoms with Crippen LogP contribution in [0.15, 0.2) is 11.2 Å². The van der Waals surface area contributed by atoms with Gasteiger partial charge in [-0.15, -0.1) is 0 Å². The summed E-state index contributed by atoms with van der Waals surface area (Å²) in [6.45, 7) is 6.85. The van der Waals surface area contributed by atoms with Gasteiger partial charge in [-0.1, -0.05) is 6.92 Å². The van der Waals surface area contributed by atoms with Crippen molar-refractivity contribution in [1.82, 2.24) is 13.9 Å². The first kappa shape index (κ1) is 16.5. The molecule has 2 atom stereocenters. The van der Waals surface area contributed by atoms with Crippen molar-refractivity contribution in [3.05, 3.63) is 12.0 Å². The van der Waals surface area contributed by atoms with Gasteiger partial charge in [-0.3, -0.25) is 0 Å². The second-order valence-corrected chi connectivity index (χ2v) is 7.65. The molecule has 6 nitrogen and oxygen atoms in total. The SMILES string of the molecule is CCCn1cc(S(=O)(=O)N2CCCC2CC(C)O)nc1C. The number of aliphatic hydroxyl groups is 1. The molecule has 1 saturated heterocycles. The summed E-state index contributed by atoms with van der Waals surface area (Å²) in [5.74, 6) is 0.724. The fourth-order valence-corrected chi connectivity index (χ4v) is 4.65. The maximum absolute atomic E-state index is 12.8. The van der Waals surface area contributed by atoms with Gasteiger partial charge >= 0.3 is 0 Å². The van der Waals surface area contributed by atoms with Crippen molar-refractivity contribution in [3.63, 3.8) is 0 Å². The van der Waals surface area contributed by atoms with Crippen LogP contribution in [-0.2, 0) is 16.6 Å². The van der Waals surface area contributed by atoms with Gasteiger partial charge in [0.05, 0.1) is 6.10 Å². The summed E-state index contributed by atoms with van der Waals surface area (Å²) in [7, 11) is -3.56. The quantitative estimate of drug-likeness (QED) is 0.864. The number of sulfonamides is 1. The van der Waals surface area contributed by atoms with E-state index in [-0.39, 0.29) is 11.1 Å². The molecule has 0 radical (unpaired) electrons. The standard InChI is InChI=1S/C14H25N3O3S/c1-4-7-16-10-14(15-12(16)3)21(19,20)17-8-5-6-13(17)9-11(2)18/h10-11,13,18H,4-9H2,1-3H3. The lowest BCUT2D eigenvalue weighted by Crippen LogP contribution is -2.37. The molecule has 0 spiro atoms. The van der Waals surface area contributed by atoms with Gasteiger partial charge in [-0.2, -0.15) is 4.31 Å². The lowest BCUT2D eigenvalue weighted by Gasteiger charge is -2.23. The molecule has 2 heterocycles. The molecular weight excluding hydrogens is 290 g/mol.